The Balaban J connectivity index is 1.93. The SMILES string of the molecule is CSc1cc(C(C)(C)C)c(OCc2[nH]nc3ccccc23)cc1C. The maximum absolute atomic E-state index is 6.22. The maximum atomic E-state index is 6.22. The van der Waals surface area contributed by atoms with Gasteiger partial charge < -0.3 is 4.74 Å². The number of benzene rings is 2. The first-order valence-corrected chi connectivity index (χ1v) is 9.36. The number of aromatic amines is 1. The van der Waals surface area contributed by atoms with Crippen molar-refractivity contribution in [2.45, 2.75) is 44.6 Å². The summed E-state index contributed by atoms with van der Waals surface area (Å²) < 4.78 is 6.22. The van der Waals surface area contributed by atoms with Gasteiger partial charge >= 0.3 is 0 Å². The number of nitrogens with one attached hydrogen (secondary N) is 1. The molecule has 1 aromatic heterocycles. The molecule has 126 valence electrons. The minimum absolute atomic E-state index is 0.0313. The van der Waals surface area contributed by atoms with Gasteiger partial charge in [-0.3, -0.25) is 5.10 Å². The molecule has 0 spiro atoms. The second kappa shape index (κ2) is 6.52. The van der Waals surface area contributed by atoms with Gasteiger partial charge in [-0.2, -0.15) is 5.10 Å². The van der Waals surface area contributed by atoms with Crippen LogP contribution in [0.1, 0.15) is 37.6 Å². The Hall–Kier alpha value is -1.94. The standard InChI is InChI=1S/C20H24N2OS/c1-13-10-18(15(20(2,3)4)11-19(13)24-5)23-12-17-14-8-6-7-9-16(14)21-22-17/h6-11H,12H2,1-5H3,(H,21,22). The monoisotopic (exact) mass is 340 g/mol. The number of H-pyrrole nitrogens is 1. The highest BCUT2D eigenvalue weighted by Gasteiger charge is 2.21. The molecule has 1 heterocycles. The van der Waals surface area contributed by atoms with E-state index in [4.69, 9.17) is 4.74 Å². The lowest BCUT2D eigenvalue weighted by Gasteiger charge is -2.24. The lowest BCUT2D eigenvalue weighted by atomic mass is 9.86. The smallest absolute Gasteiger partial charge is 0.130 e. The zero-order valence-electron chi connectivity index (χ0n) is 14.9. The second-order valence-corrected chi connectivity index (χ2v) is 7.92. The third kappa shape index (κ3) is 3.29. The average Bonchev–Trinajstić information content (AvgIpc) is 2.95. The molecule has 3 nitrogen and oxygen atoms in total. The number of hydrogen-bond donors (Lipinski definition) is 1. The van der Waals surface area contributed by atoms with Crippen LogP contribution in [0.4, 0.5) is 0 Å². The fourth-order valence-electron chi connectivity index (χ4n) is 2.86. The molecule has 1 N–H and O–H groups in total. The van der Waals surface area contributed by atoms with E-state index in [1.165, 1.54) is 16.0 Å². The molecular weight excluding hydrogens is 316 g/mol. The number of para-hydroxylation sites is 1. The molecule has 2 aromatic carbocycles. The van der Waals surface area contributed by atoms with Crippen LogP contribution in [-0.4, -0.2) is 16.5 Å². The van der Waals surface area contributed by atoms with Crippen molar-refractivity contribution in [1.29, 1.82) is 0 Å². The zero-order chi connectivity index (χ0) is 17.3. The summed E-state index contributed by atoms with van der Waals surface area (Å²) >= 11 is 1.78. The van der Waals surface area contributed by atoms with Crippen LogP contribution >= 0.6 is 11.8 Å². The van der Waals surface area contributed by atoms with E-state index in [0.29, 0.717) is 6.61 Å². The Morgan fingerprint density at radius 3 is 2.62 bits per heavy atom. The molecule has 0 amide bonds. The number of rotatable bonds is 4. The lowest BCUT2D eigenvalue weighted by Crippen LogP contribution is -2.14. The molecule has 0 aliphatic carbocycles. The van der Waals surface area contributed by atoms with Crippen LogP contribution in [-0.2, 0) is 12.0 Å². The maximum Gasteiger partial charge on any atom is 0.130 e. The normalized spacial score (nSPS) is 11.9. The van der Waals surface area contributed by atoms with Crippen LogP contribution in [0.3, 0.4) is 0 Å². The summed E-state index contributed by atoms with van der Waals surface area (Å²) in [4.78, 5) is 1.30. The number of aromatic nitrogens is 2. The predicted molar refractivity (Wildman–Crippen MR) is 102 cm³/mol. The van der Waals surface area contributed by atoms with Gasteiger partial charge in [0.2, 0.25) is 0 Å². The highest BCUT2D eigenvalue weighted by atomic mass is 32.2. The van der Waals surface area contributed by atoms with Crippen LogP contribution in [0.15, 0.2) is 41.3 Å². The predicted octanol–water partition coefficient (Wildman–Crippen LogP) is 5.47. The van der Waals surface area contributed by atoms with Crippen molar-refractivity contribution in [3.8, 4) is 5.75 Å². The van der Waals surface area contributed by atoms with E-state index in [-0.39, 0.29) is 5.41 Å². The summed E-state index contributed by atoms with van der Waals surface area (Å²) in [6.45, 7) is 9.29. The first-order chi connectivity index (χ1) is 11.4. The lowest BCUT2D eigenvalue weighted by molar-refractivity contribution is 0.293. The molecule has 0 atom stereocenters. The minimum atomic E-state index is 0.0313. The van der Waals surface area contributed by atoms with Crippen molar-refractivity contribution in [3.05, 3.63) is 53.2 Å². The average molecular weight is 340 g/mol. The number of thioether (sulfide) groups is 1. The van der Waals surface area contributed by atoms with Gasteiger partial charge in [0.1, 0.15) is 12.4 Å². The molecule has 3 rings (SSSR count). The summed E-state index contributed by atoms with van der Waals surface area (Å²) in [6.07, 6.45) is 2.12. The molecule has 0 fully saturated rings. The number of fused-ring (bicyclic) bond motifs is 1. The molecule has 0 radical (unpaired) electrons. The Labute approximate surface area is 147 Å². The molecule has 0 unspecified atom stereocenters. The summed E-state index contributed by atoms with van der Waals surface area (Å²) in [5.41, 5.74) is 4.50. The molecule has 0 saturated carbocycles. The molecule has 0 aliphatic heterocycles. The summed E-state index contributed by atoms with van der Waals surface area (Å²) in [7, 11) is 0. The summed E-state index contributed by atoms with van der Waals surface area (Å²) in [5, 5.41) is 8.56. The van der Waals surface area contributed by atoms with E-state index in [0.717, 1.165) is 22.3 Å². The van der Waals surface area contributed by atoms with E-state index in [1.807, 2.05) is 18.2 Å². The molecule has 0 aliphatic rings. The van der Waals surface area contributed by atoms with Crippen LogP contribution < -0.4 is 4.74 Å². The molecule has 3 aromatic rings. The number of ether oxygens (including phenoxy) is 1. The number of nitrogens with zero attached hydrogens (tertiary/aromatic N) is 1. The molecule has 24 heavy (non-hydrogen) atoms. The van der Waals surface area contributed by atoms with Crippen molar-refractivity contribution in [2.24, 2.45) is 0 Å². The van der Waals surface area contributed by atoms with E-state index < -0.39 is 0 Å². The molecule has 0 bridgehead atoms. The van der Waals surface area contributed by atoms with Gasteiger partial charge in [0.15, 0.2) is 0 Å². The van der Waals surface area contributed by atoms with Crippen LogP contribution in [0.25, 0.3) is 10.9 Å². The van der Waals surface area contributed by atoms with Gasteiger partial charge in [-0.15, -0.1) is 11.8 Å². The van der Waals surface area contributed by atoms with Gasteiger partial charge in [-0.1, -0.05) is 39.0 Å². The van der Waals surface area contributed by atoms with Crippen LogP contribution in [0.2, 0.25) is 0 Å². The summed E-state index contributed by atoms with van der Waals surface area (Å²) in [5.74, 6) is 0.955. The Kier molecular flexibility index (Phi) is 4.59. The van der Waals surface area contributed by atoms with Gasteiger partial charge in [0.25, 0.3) is 0 Å². The van der Waals surface area contributed by atoms with Crippen molar-refractivity contribution in [3.63, 3.8) is 0 Å². The largest absolute Gasteiger partial charge is 0.487 e. The van der Waals surface area contributed by atoms with Crippen molar-refractivity contribution in [2.75, 3.05) is 6.26 Å². The molecule has 0 saturated heterocycles. The van der Waals surface area contributed by atoms with Gasteiger partial charge in [0, 0.05) is 15.8 Å². The van der Waals surface area contributed by atoms with Gasteiger partial charge in [-0.25, -0.2) is 0 Å². The van der Waals surface area contributed by atoms with Crippen LogP contribution in [0.5, 0.6) is 5.75 Å². The number of aryl methyl sites for hydroxylation is 1. The van der Waals surface area contributed by atoms with E-state index in [1.54, 1.807) is 11.8 Å². The van der Waals surface area contributed by atoms with Crippen molar-refractivity contribution >= 4 is 22.7 Å². The Morgan fingerprint density at radius 1 is 1.17 bits per heavy atom. The van der Waals surface area contributed by atoms with Gasteiger partial charge in [-0.05, 0) is 42.4 Å². The van der Waals surface area contributed by atoms with Crippen molar-refractivity contribution < 1.29 is 4.74 Å². The minimum Gasteiger partial charge on any atom is -0.487 e. The van der Waals surface area contributed by atoms with Gasteiger partial charge in [0.05, 0.1) is 11.2 Å². The number of hydrogen-bond acceptors (Lipinski definition) is 3. The fraction of sp³-hybridized carbons (Fsp3) is 0.350. The first-order valence-electron chi connectivity index (χ1n) is 8.14. The van der Waals surface area contributed by atoms with E-state index >= 15 is 0 Å². The fourth-order valence-corrected chi connectivity index (χ4v) is 3.48. The Morgan fingerprint density at radius 2 is 1.92 bits per heavy atom. The van der Waals surface area contributed by atoms with E-state index in [2.05, 4.69) is 62.3 Å². The summed E-state index contributed by atoms with van der Waals surface area (Å²) in [6, 6.07) is 12.5. The zero-order valence-corrected chi connectivity index (χ0v) is 15.8. The topological polar surface area (TPSA) is 37.9 Å². The van der Waals surface area contributed by atoms with E-state index in [9.17, 15) is 0 Å². The second-order valence-electron chi connectivity index (χ2n) is 7.08. The van der Waals surface area contributed by atoms with Crippen molar-refractivity contribution in [1.82, 2.24) is 10.2 Å². The third-order valence-corrected chi connectivity index (χ3v) is 5.10. The first kappa shape index (κ1) is 16.9. The quantitative estimate of drug-likeness (QED) is 0.640. The highest BCUT2D eigenvalue weighted by molar-refractivity contribution is 7.98. The van der Waals surface area contributed by atoms with Crippen LogP contribution in [0, 0.1) is 6.92 Å². The molecular formula is C20H24N2OS. The molecule has 4 heteroatoms. The third-order valence-electron chi connectivity index (χ3n) is 4.22. The highest BCUT2D eigenvalue weighted by Crippen LogP contribution is 2.37. The Bertz CT molecular complexity index is 862.